The van der Waals surface area contributed by atoms with Crippen LogP contribution in [0.3, 0.4) is 0 Å². The molecule has 0 aromatic carbocycles. The van der Waals surface area contributed by atoms with Gasteiger partial charge in [-0.2, -0.15) is 8.42 Å². The number of allylic oxidation sites excluding steroid dienone is 2. The second-order valence-corrected chi connectivity index (χ2v) is 7.70. The third-order valence-electron chi connectivity index (χ3n) is 5.02. The van der Waals surface area contributed by atoms with Gasteiger partial charge >= 0.3 is 0 Å². The van der Waals surface area contributed by atoms with E-state index >= 15 is 0 Å². The fraction of sp³-hybridized carbons (Fsp3) is 0.846. The van der Waals surface area contributed by atoms with E-state index in [-0.39, 0.29) is 12.0 Å². The van der Waals surface area contributed by atoms with Crippen molar-refractivity contribution in [2.75, 3.05) is 19.5 Å². The molecule has 1 saturated heterocycles. The summed E-state index contributed by atoms with van der Waals surface area (Å²) in [6.45, 7) is 1.19. The summed E-state index contributed by atoms with van der Waals surface area (Å²) in [5.41, 5.74) is 0. The van der Waals surface area contributed by atoms with Crippen molar-refractivity contribution < 1.29 is 22.1 Å². The maximum absolute atomic E-state index is 11.5. The Balaban J connectivity index is 1.70. The van der Waals surface area contributed by atoms with E-state index in [1.807, 2.05) is 0 Å². The summed E-state index contributed by atoms with van der Waals surface area (Å²) in [5, 5.41) is 0. The molecule has 3 fully saturated rings. The van der Waals surface area contributed by atoms with Crippen LogP contribution in [-0.4, -0.2) is 39.8 Å². The maximum atomic E-state index is 11.5. The Hall–Kier alpha value is -0.430. The van der Waals surface area contributed by atoms with Crippen LogP contribution in [0.5, 0.6) is 0 Å². The molecular weight excluding hydrogens is 268 g/mol. The third kappa shape index (κ3) is 1.73. The molecular formula is C13H18O5S. The number of hydrogen-bond donors (Lipinski definition) is 0. The molecule has 1 heterocycles. The smallest absolute Gasteiger partial charge is 0.264 e. The predicted molar refractivity (Wildman–Crippen MR) is 66.7 cm³/mol. The van der Waals surface area contributed by atoms with Crippen molar-refractivity contribution in [3.05, 3.63) is 12.2 Å². The number of ether oxygens (including phenoxy) is 2. The van der Waals surface area contributed by atoms with E-state index in [0.29, 0.717) is 31.0 Å². The maximum Gasteiger partial charge on any atom is 0.264 e. The Morgan fingerprint density at radius 3 is 2.58 bits per heavy atom. The van der Waals surface area contributed by atoms with Gasteiger partial charge in [-0.05, 0) is 24.2 Å². The zero-order chi connectivity index (χ0) is 13.3. The van der Waals surface area contributed by atoms with E-state index in [1.165, 1.54) is 0 Å². The summed E-state index contributed by atoms with van der Waals surface area (Å²) in [6.07, 6.45) is 6.86. The minimum atomic E-state index is -3.44. The molecule has 2 saturated carbocycles. The fourth-order valence-corrected chi connectivity index (χ4v) is 5.29. The highest BCUT2D eigenvalue weighted by atomic mass is 32.2. The van der Waals surface area contributed by atoms with Gasteiger partial charge in [-0.25, -0.2) is 0 Å². The van der Waals surface area contributed by atoms with Crippen LogP contribution in [0, 0.1) is 23.7 Å². The first-order valence-corrected chi connectivity index (χ1v) is 8.65. The third-order valence-corrected chi connectivity index (χ3v) is 5.61. The van der Waals surface area contributed by atoms with Crippen molar-refractivity contribution in [2.24, 2.45) is 23.7 Å². The molecule has 0 amide bonds. The summed E-state index contributed by atoms with van der Waals surface area (Å²) in [4.78, 5) is 0. The van der Waals surface area contributed by atoms with Crippen LogP contribution in [0.1, 0.15) is 12.8 Å². The van der Waals surface area contributed by atoms with Crippen LogP contribution in [0.4, 0.5) is 0 Å². The van der Waals surface area contributed by atoms with Gasteiger partial charge < -0.3 is 9.47 Å². The summed E-state index contributed by atoms with van der Waals surface area (Å²) in [5.74, 6) is 0.708. The lowest BCUT2D eigenvalue weighted by molar-refractivity contribution is -0.198. The van der Waals surface area contributed by atoms with Gasteiger partial charge in [0.25, 0.3) is 10.1 Å². The van der Waals surface area contributed by atoms with E-state index in [4.69, 9.17) is 13.7 Å². The average Bonchev–Trinajstić information content (AvgIpc) is 2.97. The normalized spacial score (nSPS) is 46.3. The van der Waals surface area contributed by atoms with E-state index in [9.17, 15) is 8.42 Å². The lowest BCUT2D eigenvalue weighted by atomic mass is 9.90. The predicted octanol–water partition coefficient (Wildman–Crippen LogP) is 0.916. The van der Waals surface area contributed by atoms with E-state index < -0.39 is 15.9 Å². The van der Waals surface area contributed by atoms with Gasteiger partial charge in [0.2, 0.25) is 0 Å². The fourth-order valence-electron chi connectivity index (χ4n) is 4.64. The van der Waals surface area contributed by atoms with Crippen molar-refractivity contribution in [1.29, 1.82) is 0 Å². The molecule has 4 aliphatic rings. The molecule has 0 bridgehead atoms. The molecule has 5 nitrogen and oxygen atoms in total. The Bertz CT molecular complexity index is 519. The minimum Gasteiger partial charge on any atom is -0.347 e. The first kappa shape index (κ1) is 12.3. The molecule has 0 aromatic heterocycles. The molecule has 3 aliphatic carbocycles. The van der Waals surface area contributed by atoms with E-state index in [1.54, 1.807) is 0 Å². The van der Waals surface area contributed by atoms with Crippen LogP contribution in [-0.2, 0) is 23.8 Å². The highest BCUT2D eigenvalue weighted by Gasteiger charge is 2.66. The Morgan fingerprint density at radius 1 is 1.21 bits per heavy atom. The van der Waals surface area contributed by atoms with Crippen LogP contribution in [0.2, 0.25) is 0 Å². The number of fused-ring (bicyclic) bond motifs is 1. The van der Waals surface area contributed by atoms with Gasteiger partial charge in [0.1, 0.15) is 0 Å². The van der Waals surface area contributed by atoms with Crippen molar-refractivity contribution in [3.63, 3.8) is 0 Å². The van der Waals surface area contributed by atoms with Crippen LogP contribution < -0.4 is 0 Å². The molecule has 6 heteroatoms. The van der Waals surface area contributed by atoms with Crippen LogP contribution in [0.25, 0.3) is 0 Å². The summed E-state index contributed by atoms with van der Waals surface area (Å²) in [6, 6.07) is 0. The molecule has 0 unspecified atom stereocenters. The van der Waals surface area contributed by atoms with Gasteiger partial charge in [0, 0.05) is 12.3 Å². The summed E-state index contributed by atoms with van der Waals surface area (Å²) >= 11 is 0. The van der Waals surface area contributed by atoms with Gasteiger partial charge in [0.15, 0.2) is 5.79 Å². The van der Waals surface area contributed by atoms with Gasteiger partial charge in [-0.1, -0.05) is 12.2 Å². The number of rotatable bonds is 2. The standard InChI is InChI=1S/C13H18O5S/c1-19(14,15)18-10-6-8-2-3-9-7-13(12(10)11(8)9)16-4-5-17-13/h2-3,8-12H,4-7H2,1H3/t8-,9+,10+,11-,12-/m1/s1. The second kappa shape index (κ2) is 3.81. The lowest BCUT2D eigenvalue weighted by Gasteiger charge is -2.32. The quantitative estimate of drug-likeness (QED) is 0.558. The second-order valence-electron chi connectivity index (χ2n) is 6.10. The Morgan fingerprint density at radius 2 is 1.89 bits per heavy atom. The van der Waals surface area contributed by atoms with E-state index in [2.05, 4.69) is 12.2 Å². The van der Waals surface area contributed by atoms with Crippen molar-refractivity contribution >= 4 is 10.1 Å². The van der Waals surface area contributed by atoms with E-state index in [0.717, 1.165) is 19.1 Å². The molecule has 0 N–H and O–H groups in total. The Labute approximate surface area is 113 Å². The minimum absolute atomic E-state index is 0.0368. The average molecular weight is 286 g/mol. The van der Waals surface area contributed by atoms with Crippen LogP contribution in [0.15, 0.2) is 12.2 Å². The topological polar surface area (TPSA) is 61.8 Å². The van der Waals surface area contributed by atoms with Gasteiger partial charge in [0.05, 0.1) is 25.6 Å². The van der Waals surface area contributed by atoms with Gasteiger partial charge in [-0.15, -0.1) is 0 Å². The molecule has 19 heavy (non-hydrogen) atoms. The first-order valence-electron chi connectivity index (χ1n) is 6.83. The Kier molecular flexibility index (Phi) is 2.47. The highest BCUT2D eigenvalue weighted by molar-refractivity contribution is 7.86. The van der Waals surface area contributed by atoms with Crippen molar-refractivity contribution in [2.45, 2.75) is 24.7 Å². The number of hydrogen-bond acceptors (Lipinski definition) is 5. The molecule has 5 atom stereocenters. The summed E-state index contributed by atoms with van der Waals surface area (Å²) in [7, 11) is -3.44. The summed E-state index contributed by atoms with van der Waals surface area (Å²) < 4.78 is 40.0. The van der Waals surface area contributed by atoms with Gasteiger partial charge in [-0.3, -0.25) is 4.18 Å². The lowest BCUT2D eigenvalue weighted by Crippen LogP contribution is -2.42. The molecule has 1 aliphatic heterocycles. The van der Waals surface area contributed by atoms with Crippen molar-refractivity contribution in [1.82, 2.24) is 0 Å². The largest absolute Gasteiger partial charge is 0.347 e. The zero-order valence-electron chi connectivity index (χ0n) is 10.8. The molecule has 0 radical (unpaired) electrons. The van der Waals surface area contributed by atoms with Crippen molar-refractivity contribution in [3.8, 4) is 0 Å². The molecule has 1 spiro atoms. The molecule has 4 rings (SSSR count). The van der Waals surface area contributed by atoms with Crippen LogP contribution >= 0.6 is 0 Å². The first-order chi connectivity index (χ1) is 8.99. The monoisotopic (exact) mass is 286 g/mol. The molecule has 106 valence electrons. The highest BCUT2D eigenvalue weighted by Crippen LogP contribution is 2.62. The zero-order valence-corrected chi connectivity index (χ0v) is 11.6. The molecule has 0 aromatic rings. The SMILES string of the molecule is CS(=O)(=O)O[C@H]1C[C@H]2C=C[C@H]3CC4(OCCO4)[C@H]1[C@H]23.